The molecule has 0 aliphatic heterocycles. The third-order valence-electron chi connectivity index (χ3n) is 4.19. The van der Waals surface area contributed by atoms with Crippen molar-refractivity contribution < 1.29 is 0 Å². The molecule has 0 aromatic heterocycles. The van der Waals surface area contributed by atoms with Crippen molar-refractivity contribution in [1.29, 1.82) is 0 Å². The van der Waals surface area contributed by atoms with E-state index < -0.39 is 14.3 Å². The number of rotatable bonds is 1. The van der Waals surface area contributed by atoms with Crippen molar-refractivity contribution in [3.05, 3.63) is 22.3 Å². The predicted octanol–water partition coefficient (Wildman–Crippen LogP) is 4.19. The number of allylic oxidation sites excluding steroid dienone is 4. The van der Waals surface area contributed by atoms with E-state index >= 15 is 0 Å². The summed E-state index contributed by atoms with van der Waals surface area (Å²) in [7, 11) is 0. The molecule has 1 heteroatoms. The van der Waals surface area contributed by atoms with Crippen LogP contribution in [0, 0.1) is 0 Å². The van der Waals surface area contributed by atoms with Crippen molar-refractivity contribution in [1.82, 2.24) is 0 Å². The van der Waals surface area contributed by atoms with Crippen molar-refractivity contribution in [2.75, 3.05) is 0 Å². The first-order valence-electron chi connectivity index (χ1n) is 5.00. The molecular formula is C12H21Ge. The van der Waals surface area contributed by atoms with Gasteiger partial charge in [-0.3, -0.25) is 0 Å². The van der Waals surface area contributed by atoms with Crippen LogP contribution >= 0.6 is 0 Å². The minimum absolute atomic E-state index is 0.480. The van der Waals surface area contributed by atoms with Crippen molar-refractivity contribution in [3.8, 4) is 0 Å². The van der Waals surface area contributed by atoms with Crippen LogP contribution in [0.1, 0.15) is 34.6 Å². The molecule has 73 valence electrons. The van der Waals surface area contributed by atoms with Gasteiger partial charge in [0.05, 0.1) is 0 Å². The Balaban J connectivity index is 3.31. The van der Waals surface area contributed by atoms with Crippen LogP contribution in [0.25, 0.3) is 0 Å². The first-order chi connectivity index (χ1) is 5.83. The van der Waals surface area contributed by atoms with Gasteiger partial charge in [0.2, 0.25) is 0 Å². The summed E-state index contributed by atoms with van der Waals surface area (Å²) in [6.45, 7) is 11.7. The molecule has 0 aromatic carbocycles. The zero-order valence-corrected chi connectivity index (χ0v) is 12.1. The molecule has 1 radical (unpaired) electrons. The van der Waals surface area contributed by atoms with Crippen LogP contribution in [-0.4, -0.2) is 14.3 Å². The molecule has 0 saturated carbocycles. The molecule has 0 amide bonds. The first kappa shape index (κ1) is 11.1. The fourth-order valence-corrected chi connectivity index (χ4v) is 6.28. The summed E-state index contributed by atoms with van der Waals surface area (Å²) in [5, 5.41) is 0. The van der Waals surface area contributed by atoms with Gasteiger partial charge in [-0.15, -0.1) is 0 Å². The van der Waals surface area contributed by atoms with Crippen LogP contribution in [0.5, 0.6) is 0 Å². The van der Waals surface area contributed by atoms with E-state index in [-0.39, 0.29) is 0 Å². The van der Waals surface area contributed by atoms with Crippen LogP contribution < -0.4 is 0 Å². The molecule has 0 aromatic rings. The second-order valence-electron chi connectivity index (χ2n) is 4.62. The number of hydrogen-bond acceptors (Lipinski definition) is 0. The SMILES string of the molecule is CC1=C(C)[C](C)([Ge]([CH3])[CH3])C(C)=C1C. The van der Waals surface area contributed by atoms with Gasteiger partial charge in [-0.2, -0.15) is 0 Å². The fourth-order valence-electron chi connectivity index (χ4n) is 2.34. The van der Waals surface area contributed by atoms with Crippen molar-refractivity contribution in [2.24, 2.45) is 0 Å². The maximum atomic E-state index is 2.48. The van der Waals surface area contributed by atoms with E-state index in [1.165, 1.54) is 0 Å². The van der Waals surface area contributed by atoms with E-state index in [9.17, 15) is 0 Å². The second-order valence-corrected chi connectivity index (χ2v) is 10.9. The average molecular weight is 238 g/mol. The molecule has 1 aliphatic rings. The normalized spacial score (nSPS) is 22.2. The summed E-state index contributed by atoms with van der Waals surface area (Å²) in [6.07, 6.45) is 0. The molecule has 0 fully saturated rings. The van der Waals surface area contributed by atoms with Crippen LogP contribution in [0.3, 0.4) is 0 Å². The molecule has 0 nitrogen and oxygen atoms in total. The minimum atomic E-state index is -0.915. The van der Waals surface area contributed by atoms with Crippen LogP contribution in [0.15, 0.2) is 22.3 Å². The standard InChI is InChI=1S/C12H21Ge/c1-8-9(2)11(4)12(5,10(8)3)13(6)7/h1-7H3. The Kier molecular flexibility index (Phi) is 2.82. The van der Waals surface area contributed by atoms with Gasteiger partial charge < -0.3 is 0 Å². The van der Waals surface area contributed by atoms with Crippen LogP contribution in [0.2, 0.25) is 15.8 Å². The van der Waals surface area contributed by atoms with E-state index in [4.69, 9.17) is 0 Å². The van der Waals surface area contributed by atoms with Crippen molar-refractivity contribution in [3.63, 3.8) is 0 Å². The molecule has 0 N–H and O–H groups in total. The maximum absolute atomic E-state index is 2.48. The van der Waals surface area contributed by atoms with Gasteiger partial charge in [-0.05, 0) is 0 Å². The van der Waals surface area contributed by atoms with Gasteiger partial charge in [-0.25, -0.2) is 0 Å². The summed E-state index contributed by atoms with van der Waals surface area (Å²) < 4.78 is 0.480. The van der Waals surface area contributed by atoms with E-state index in [2.05, 4.69) is 46.1 Å². The Hall–Kier alpha value is 0.0229. The molecule has 13 heavy (non-hydrogen) atoms. The Bertz CT molecular complexity index is 268. The zero-order chi connectivity index (χ0) is 10.4. The topological polar surface area (TPSA) is 0 Å². The molecule has 0 unspecified atom stereocenters. The van der Waals surface area contributed by atoms with E-state index in [0.717, 1.165) is 0 Å². The summed E-state index contributed by atoms with van der Waals surface area (Å²) in [5.41, 5.74) is 6.38. The van der Waals surface area contributed by atoms with Crippen LogP contribution in [0.4, 0.5) is 0 Å². The van der Waals surface area contributed by atoms with Gasteiger partial charge in [0, 0.05) is 0 Å². The molecule has 0 spiro atoms. The predicted molar refractivity (Wildman–Crippen MR) is 62.6 cm³/mol. The van der Waals surface area contributed by atoms with E-state index in [1.54, 1.807) is 22.3 Å². The summed E-state index contributed by atoms with van der Waals surface area (Å²) in [6, 6.07) is 0. The van der Waals surface area contributed by atoms with Gasteiger partial charge in [-0.1, -0.05) is 0 Å². The van der Waals surface area contributed by atoms with E-state index in [1.807, 2.05) is 0 Å². The molecule has 0 atom stereocenters. The second kappa shape index (κ2) is 3.31. The average Bonchev–Trinajstić information content (AvgIpc) is 2.22. The summed E-state index contributed by atoms with van der Waals surface area (Å²) >= 11 is -0.915. The third-order valence-corrected chi connectivity index (χ3v) is 9.96. The molecular weight excluding hydrogens is 217 g/mol. The quantitative estimate of drug-likeness (QED) is 0.600. The summed E-state index contributed by atoms with van der Waals surface area (Å²) in [5.74, 6) is 4.97. The molecule has 0 heterocycles. The molecule has 1 aliphatic carbocycles. The summed E-state index contributed by atoms with van der Waals surface area (Å²) in [4.78, 5) is 0. The van der Waals surface area contributed by atoms with Gasteiger partial charge in [0.1, 0.15) is 0 Å². The monoisotopic (exact) mass is 239 g/mol. The zero-order valence-electron chi connectivity index (χ0n) is 10.0. The number of hydrogen-bond donors (Lipinski definition) is 0. The molecule has 0 saturated heterocycles. The van der Waals surface area contributed by atoms with Gasteiger partial charge in [0.25, 0.3) is 0 Å². The fraction of sp³-hybridized carbons (Fsp3) is 0.667. The van der Waals surface area contributed by atoms with E-state index in [0.29, 0.717) is 4.25 Å². The Morgan fingerprint density at radius 3 is 1.31 bits per heavy atom. The Morgan fingerprint density at radius 1 is 0.846 bits per heavy atom. The molecule has 0 bridgehead atoms. The third kappa shape index (κ3) is 1.34. The molecule has 1 rings (SSSR count). The van der Waals surface area contributed by atoms with Crippen molar-refractivity contribution in [2.45, 2.75) is 50.4 Å². The van der Waals surface area contributed by atoms with Crippen LogP contribution in [-0.2, 0) is 0 Å². The van der Waals surface area contributed by atoms with Crippen molar-refractivity contribution >= 4 is 14.3 Å². The first-order valence-corrected chi connectivity index (χ1v) is 10.2. The Morgan fingerprint density at radius 2 is 1.15 bits per heavy atom. The van der Waals surface area contributed by atoms with Gasteiger partial charge in [0.15, 0.2) is 0 Å². The van der Waals surface area contributed by atoms with Gasteiger partial charge >= 0.3 is 87.0 Å². The Labute approximate surface area is 87.2 Å².